The van der Waals surface area contributed by atoms with Gasteiger partial charge in [-0.2, -0.15) is 0 Å². The Balaban J connectivity index is 1.96. The van der Waals surface area contributed by atoms with Crippen molar-refractivity contribution in [3.63, 3.8) is 0 Å². The van der Waals surface area contributed by atoms with Gasteiger partial charge in [-0.1, -0.05) is 19.8 Å². The molecule has 2 rings (SSSR count). The van der Waals surface area contributed by atoms with E-state index in [0.29, 0.717) is 0 Å². The van der Waals surface area contributed by atoms with Gasteiger partial charge in [-0.3, -0.25) is 0 Å². The second kappa shape index (κ2) is 5.08. The Morgan fingerprint density at radius 1 is 1.40 bits per heavy atom. The van der Waals surface area contributed by atoms with Crippen molar-refractivity contribution in [1.29, 1.82) is 0 Å². The highest BCUT2D eigenvalue weighted by Gasteiger charge is 2.21. The predicted molar refractivity (Wildman–Crippen MR) is 65.3 cm³/mol. The van der Waals surface area contributed by atoms with Crippen molar-refractivity contribution in [1.82, 2.24) is 10.3 Å². The summed E-state index contributed by atoms with van der Waals surface area (Å²) in [5.41, 5.74) is 0. The number of rotatable bonds is 3. The molecule has 1 saturated carbocycles. The van der Waals surface area contributed by atoms with Crippen LogP contribution in [-0.2, 0) is 6.54 Å². The molecular formula is C12H20N2S. The fourth-order valence-electron chi connectivity index (χ4n) is 2.27. The third-order valence-corrected chi connectivity index (χ3v) is 4.45. The molecule has 84 valence electrons. The standard InChI is InChI=1S/C12H20N2S/c1-9-3-5-10(6-4-9)12-14-8-11(15-12)7-13-2/h8-10,13H,3-7H2,1-2H3. The Hall–Kier alpha value is -0.410. The SMILES string of the molecule is CNCc1cnc(C2CCC(C)CC2)s1. The number of nitrogens with zero attached hydrogens (tertiary/aromatic N) is 1. The lowest BCUT2D eigenvalue weighted by atomic mass is 9.83. The van der Waals surface area contributed by atoms with Gasteiger partial charge in [0.25, 0.3) is 0 Å². The zero-order chi connectivity index (χ0) is 10.7. The van der Waals surface area contributed by atoms with Gasteiger partial charge in [-0.05, 0) is 25.8 Å². The Morgan fingerprint density at radius 2 is 2.13 bits per heavy atom. The van der Waals surface area contributed by atoms with Crippen molar-refractivity contribution < 1.29 is 0 Å². The first kappa shape index (κ1) is 11.1. The van der Waals surface area contributed by atoms with E-state index in [4.69, 9.17) is 0 Å². The van der Waals surface area contributed by atoms with Crippen LogP contribution in [0.2, 0.25) is 0 Å². The van der Waals surface area contributed by atoms with E-state index in [9.17, 15) is 0 Å². The predicted octanol–water partition coefficient (Wildman–Crippen LogP) is 3.16. The zero-order valence-electron chi connectivity index (χ0n) is 9.62. The Morgan fingerprint density at radius 3 is 2.80 bits per heavy atom. The molecule has 1 fully saturated rings. The van der Waals surface area contributed by atoms with E-state index >= 15 is 0 Å². The van der Waals surface area contributed by atoms with Gasteiger partial charge in [0.15, 0.2) is 0 Å². The smallest absolute Gasteiger partial charge is 0.0959 e. The summed E-state index contributed by atoms with van der Waals surface area (Å²) >= 11 is 1.89. The number of hydrogen-bond acceptors (Lipinski definition) is 3. The molecule has 0 spiro atoms. The van der Waals surface area contributed by atoms with Gasteiger partial charge in [0.05, 0.1) is 5.01 Å². The highest BCUT2D eigenvalue weighted by molar-refractivity contribution is 7.11. The van der Waals surface area contributed by atoms with E-state index in [1.54, 1.807) is 0 Å². The highest BCUT2D eigenvalue weighted by Crippen LogP contribution is 2.36. The van der Waals surface area contributed by atoms with Gasteiger partial charge < -0.3 is 5.32 Å². The third-order valence-electron chi connectivity index (χ3n) is 3.29. The van der Waals surface area contributed by atoms with Gasteiger partial charge in [-0.25, -0.2) is 4.98 Å². The summed E-state index contributed by atoms with van der Waals surface area (Å²) in [6, 6.07) is 0. The normalized spacial score (nSPS) is 26.8. The van der Waals surface area contributed by atoms with Crippen LogP contribution in [0.5, 0.6) is 0 Å². The molecule has 0 saturated heterocycles. The fraction of sp³-hybridized carbons (Fsp3) is 0.750. The van der Waals surface area contributed by atoms with E-state index in [-0.39, 0.29) is 0 Å². The first-order chi connectivity index (χ1) is 7.29. The van der Waals surface area contributed by atoms with Crippen LogP contribution >= 0.6 is 11.3 Å². The van der Waals surface area contributed by atoms with E-state index in [1.807, 2.05) is 24.6 Å². The van der Waals surface area contributed by atoms with E-state index in [0.717, 1.165) is 18.4 Å². The summed E-state index contributed by atoms with van der Waals surface area (Å²) in [6.45, 7) is 3.32. The first-order valence-electron chi connectivity index (χ1n) is 5.88. The molecule has 0 bridgehead atoms. The molecule has 0 atom stereocenters. The molecule has 15 heavy (non-hydrogen) atoms. The molecule has 1 aliphatic carbocycles. The lowest BCUT2D eigenvalue weighted by molar-refractivity contribution is 0.347. The van der Waals surface area contributed by atoms with Crippen LogP contribution in [-0.4, -0.2) is 12.0 Å². The molecule has 3 heteroatoms. The molecule has 1 aliphatic rings. The number of nitrogens with one attached hydrogen (secondary N) is 1. The quantitative estimate of drug-likeness (QED) is 0.853. The van der Waals surface area contributed by atoms with Crippen LogP contribution < -0.4 is 5.32 Å². The summed E-state index contributed by atoms with van der Waals surface area (Å²) in [7, 11) is 1.99. The summed E-state index contributed by atoms with van der Waals surface area (Å²) in [4.78, 5) is 5.93. The molecule has 0 amide bonds. The Labute approximate surface area is 96.1 Å². The first-order valence-corrected chi connectivity index (χ1v) is 6.70. The molecule has 0 radical (unpaired) electrons. The topological polar surface area (TPSA) is 24.9 Å². The second-order valence-corrected chi connectivity index (χ2v) is 5.80. The van der Waals surface area contributed by atoms with E-state index in [2.05, 4.69) is 17.2 Å². The van der Waals surface area contributed by atoms with Gasteiger partial charge in [-0.15, -0.1) is 11.3 Å². The molecule has 2 nitrogen and oxygen atoms in total. The minimum absolute atomic E-state index is 0.747. The minimum atomic E-state index is 0.747. The molecule has 1 N–H and O–H groups in total. The zero-order valence-corrected chi connectivity index (χ0v) is 10.4. The second-order valence-electron chi connectivity index (χ2n) is 4.65. The van der Waals surface area contributed by atoms with Crippen LogP contribution in [0.25, 0.3) is 0 Å². The van der Waals surface area contributed by atoms with Crippen molar-refractivity contribution in [3.8, 4) is 0 Å². The lowest BCUT2D eigenvalue weighted by Crippen LogP contribution is -2.10. The molecule has 0 unspecified atom stereocenters. The average Bonchev–Trinajstić information content (AvgIpc) is 2.68. The maximum Gasteiger partial charge on any atom is 0.0959 e. The maximum atomic E-state index is 4.56. The molecule has 0 aromatic carbocycles. The van der Waals surface area contributed by atoms with E-state index < -0.39 is 0 Å². The molecule has 1 heterocycles. The van der Waals surface area contributed by atoms with Crippen molar-refractivity contribution in [3.05, 3.63) is 16.1 Å². The summed E-state index contributed by atoms with van der Waals surface area (Å²) in [5, 5.41) is 4.55. The van der Waals surface area contributed by atoms with Gasteiger partial charge in [0.2, 0.25) is 0 Å². The Kier molecular flexibility index (Phi) is 3.76. The summed E-state index contributed by atoms with van der Waals surface area (Å²) in [6.07, 6.45) is 7.48. The van der Waals surface area contributed by atoms with Gasteiger partial charge in [0, 0.05) is 23.5 Å². The Bertz CT molecular complexity index is 300. The number of aromatic nitrogens is 1. The minimum Gasteiger partial charge on any atom is -0.315 e. The summed E-state index contributed by atoms with van der Waals surface area (Å²) < 4.78 is 0. The average molecular weight is 224 g/mol. The van der Waals surface area contributed by atoms with Crippen molar-refractivity contribution >= 4 is 11.3 Å². The molecule has 0 aliphatic heterocycles. The van der Waals surface area contributed by atoms with E-state index in [1.165, 1.54) is 35.6 Å². The van der Waals surface area contributed by atoms with Crippen molar-refractivity contribution in [2.45, 2.75) is 45.1 Å². The lowest BCUT2D eigenvalue weighted by Gasteiger charge is -2.24. The van der Waals surface area contributed by atoms with Gasteiger partial charge >= 0.3 is 0 Å². The maximum absolute atomic E-state index is 4.56. The van der Waals surface area contributed by atoms with Crippen LogP contribution in [0, 0.1) is 5.92 Å². The largest absolute Gasteiger partial charge is 0.315 e. The molecule has 1 aromatic heterocycles. The summed E-state index contributed by atoms with van der Waals surface area (Å²) in [5.74, 6) is 1.68. The van der Waals surface area contributed by atoms with Crippen LogP contribution in [0.4, 0.5) is 0 Å². The fourth-order valence-corrected chi connectivity index (χ4v) is 3.37. The van der Waals surface area contributed by atoms with Crippen molar-refractivity contribution in [2.75, 3.05) is 7.05 Å². The molecule has 1 aromatic rings. The molecular weight excluding hydrogens is 204 g/mol. The monoisotopic (exact) mass is 224 g/mol. The number of thiazole rings is 1. The van der Waals surface area contributed by atoms with Crippen LogP contribution in [0.1, 0.15) is 48.4 Å². The van der Waals surface area contributed by atoms with Crippen LogP contribution in [0.15, 0.2) is 6.20 Å². The van der Waals surface area contributed by atoms with Crippen molar-refractivity contribution in [2.24, 2.45) is 5.92 Å². The van der Waals surface area contributed by atoms with Crippen LogP contribution in [0.3, 0.4) is 0 Å². The highest BCUT2D eigenvalue weighted by atomic mass is 32.1. The number of hydrogen-bond donors (Lipinski definition) is 1. The van der Waals surface area contributed by atoms with Gasteiger partial charge in [0.1, 0.15) is 0 Å². The third kappa shape index (κ3) is 2.79.